The fourth-order valence-corrected chi connectivity index (χ4v) is 1.04. The van der Waals surface area contributed by atoms with Crippen molar-refractivity contribution in [3.05, 3.63) is 36.7 Å². The number of aromatic nitrogens is 1. The molecule has 1 heterocycles. The molecule has 0 atom stereocenters. The minimum Gasteiger partial charge on any atom is -0.307 e. The number of hydrogen-bond acceptors (Lipinski definition) is 4. The van der Waals surface area contributed by atoms with Crippen LogP contribution in [0.1, 0.15) is 5.69 Å². The van der Waals surface area contributed by atoms with Gasteiger partial charge in [-0.15, -0.1) is 0 Å². The van der Waals surface area contributed by atoms with Gasteiger partial charge in [-0.25, -0.2) is 0 Å². The van der Waals surface area contributed by atoms with Gasteiger partial charge in [0.1, 0.15) is 6.07 Å². The van der Waals surface area contributed by atoms with Gasteiger partial charge in [0.2, 0.25) is 0 Å². The maximum absolute atomic E-state index is 10.9. The number of hydrogen-bond donors (Lipinski definition) is 1. The molecule has 13 heavy (non-hydrogen) atoms. The summed E-state index contributed by atoms with van der Waals surface area (Å²) in [5.74, 6) is 0. The van der Waals surface area contributed by atoms with Crippen molar-refractivity contribution in [1.29, 1.82) is 5.26 Å². The Balaban J connectivity index is 3.53. The highest BCUT2D eigenvalue weighted by atomic mass is 79.9. The lowest BCUT2D eigenvalue weighted by molar-refractivity contribution is -0.385. The van der Waals surface area contributed by atoms with Crippen LogP contribution in [-0.4, -0.2) is 9.91 Å². The smallest absolute Gasteiger partial charge is 0.304 e. The van der Waals surface area contributed by atoms with E-state index in [9.17, 15) is 14.9 Å². The first-order valence-electron chi connectivity index (χ1n) is 3.03. The largest absolute Gasteiger partial charge is 0.307 e. The van der Waals surface area contributed by atoms with E-state index in [1.807, 2.05) is 0 Å². The zero-order valence-electron chi connectivity index (χ0n) is 6.07. The highest BCUT2D eigenvalue weighted by Gasteiger charge is 2.16. The number of aromatic amines is 1. The van der Waals surface area contributed by atoms with Gasteiger partial charge in [-0.1, -0.05) is 0 Å². The molecule has 1 N–H and O–H groups in total. The quantitative estimate of drug-likeness (QED) is 0.586. The van der Waals surface area contributed by atoms with Gasteiger partial charge in [-0.3, -0.25) is 14.9 Å². The van der Waals surface area contributed by atoms with Crippen LogP contribution in [0.25, 0.3) is 0 Å². The van der Waals surface area contributed by atoms with Crippen LogP contribution >= 0.6 is 15.9 Å². The van der Waals surface area contributed by atoms with Crippen LogP contribution in [0.2, 0.25) is 0 Å². The van der Waals surface area contributed by atoms with Gasteiger partial charge in [-0.2, -0.15) is 5.26 Å². The fourth-order valence-electron chi connectivity index (χ4n) is 0.724. The molecular weight excluding hydrogens is 242 g/mol. The van der Waals surface area contributed by atoms with Crippen molar-refractivity contribution in [1.82, 2.24) is 4.98 Å². The predicted octanol–water partition coefficient (Wildman–Crippen LogP) is 0.917. The zero-order chi connectivity index (χ0) is 10.0. The van der Waals surface area contributed by atoms with E-state index in [0.29, 0.717) is 0 Å². The predicted molar refractivity (Wildman–Crippen MR) is 46.1 cm³/mol. The minimum atomic E-state index is -0.737. The Morgan fingerprint density at radius 3 is 2.77 bits per heavy atom. The normalized spacial score (nSPS) is 9.23. The molecule has 1 rings (SSSR count). The van der Waals surface area contributed by atoms with Crippen molar-refractivity contribution in [2.75, 3.05) is 0 Å². The van der Waals surface area contributed by atoms with E-state index < -0.39 is 16.2 Å². The molecule has 1 aromatic rings. The SMILES string of the molecule is N#Cc1[nH]c(=O)c(Br)cc1[N+](=O)[O-]. The molecule has 0 fully saturated rings. The Hall–Kier alpha value is -1.68. The van der Waals surface area contributed by atoms with Crippen molar-refractivity contribution in [3.63, 3.8) is 0 Å². The highest BCUT2D eigenvalue weighted by Crippen LogP contribution is 2.17. The molecule has 0 saturated carbocycles. The second-order valence-corrected chi connectivity index (χ2v) is 2.93. The summed E-state index contributed by atoms with van der Waals surface area (Å²) in [6, 6.07) is 2.52. The Labute approximate surface area is 80.1 Å². The topological polar surface area (TPSA) is 99.8 Å². The molecule has 0 spiro atoms. The molecule has 0 saturated heterocycles. The van der Waals surface area contributed by atoms with Gasteiger partial charge in [-0.05, 0) is 15.9 Å². The summed E-state index contributed by atoms with van der Waals surface area (Å²) in [5, 5.41) is 18.8. The summed E-state index contributed by atoms with van der Waals surface area (Å²) in [6.45, 7) is 0. The molecule has 7 heteroatoms. The third-order valence-corrected chi connectivity index (χ3v) is 1.87. The molecule has 1 aromatic heterocycles. The van der Waals surface area contributed by atoms with Gasteiger partial charge < -0.3 is 4.98 Å². The minimum absolute atomic E-state index is 0.0261. The summed E-state index contributed by atoms with van der Waals surface area (Å²) in [7, 11) is 0. The molecule has 0 unspecified atom stereocenters. The van der Waals surface area contributed by atoms with Crippen LogP contribution in [0.4, 0.5) is 5.69 Å². The number of pyridine rings is 1. The van der Waals surface area contributed by atoms with E-state index in [1.165, 1.54) is 6.07 Å². The van der Waals surface area contributed by atoms with Gasteiger partial charge in [0.15, 0.2) is 5.69 Å². The monoisotopic (exact) mass is 243 g/mol. The van der Waals surface area contributed by atoms with E-state index >= 15 is 0 Å². The van der Waals surface area contributed by atoms with Gasteiger partial charge in [0.05, 0.1) is 9.40 Å². The first kappa shape index (κ1) is 9.41. The lowest BCUT2D eigenvalue weighted by atomic mass is 10.3. The van der Waals surface area contributed by atoms with E-state index in [1.54, 1.807) is 0 Å². The molecule has 6 nitrogen and oxygen atoms in total. The van der Waals surface area contributed by atoms with Crippen LogP contribution < -0.4 is 5.56 Å². The maximum atomic E-state index is 10.9. The van der Waals surface area contributed by atoms with Crippen LogP contribution in [0.15, 0.2) is 15.3 Å². The molecule has 0 aliphatic heterocycles. The van der Waals surface area contributed by atoms with Gasteiger partial charge >= 0.3 is 5.69 Å². The van der Waals surface area contributed by atoms with Gasteiger partial charge in [0, 0.05) is 6.07 Å². The highest BCUT2D eigenvalue weighted by molar-refractivity contribution is 9.10. The van der Waals surface area contributed by atoms with Crippen molar-refractivity contribution < 1.29 is 4.92 Å². The summed E-state index contributed by atoms with van der Waals surface area (Å²) in [5.41, 5.74) is -1.34. The van der Waals surface area contributed by atoms with Crippen molar-refractivity contribution >= 4 is 21.6 Å². The summed E-state index contributed by atoms with van der Waals surface area (Å²) in [4.78, 5) is 22.6. The lowest BCUT2D eigenvalue weighted by Crippen LogP contribution is -2.10. The third kappa shape index (κ3) is 1.73. The molecule has 0 amide bonds. The van der Waals surface area contributed by atoms with Crippen LogP contribution in [0.5, 0.6) is 0 Å². The maximum Gasteiger partial charge on any atom is 0.304 e. The number of nitrogens with zero attached hydrogens (tertiary/aromatic N) is 2. The molecule has 66 valence electrons. The summed E-state index contributed by atoms with van der Waals surface area (Å²) < 4.78 is 0.0261. The molecule has 0 aromatic carbocycles. The van der Waals surface area contributed by atoms with E-state index in [0.717, 1.165) is 6.07 Å². The van der Waals surface area contributed by atoms with E-state index in [-0.39, 0.29) is 10.2 Å². The average molecular weight is 244 g/mol. The molecule has 0 aliphatic carbocycles. The first-order chi connectivity index (χ1) is 6.06. The van der Waals surface area contributed by atoms with Crippen molar-refractivity contribution in [2.45, 2.75) is 0 Å². The zero-order valence-corrected chi connectivity index (χ0v) is 7.66. The number of halogens is 1. The summed E-state index contributed by atoms with van der Waals surface area (Å²) in [6.07, 6.45) is 0. The number of nitrogens with one attached hydrogen (secondary N) is 1. The Morgan fingerprint density at radius 2 is 2.31 bits per heavy atom. The molecule has 0 bridgehead atoms. The number of nitriles is 1. The first-order valence-corrected chi connectivity index (χ1v) is 3.83. The Bertz CT molecular complexity index is 459. The molecule has 0 aliphatic rings. The van der Waals surface area contributed by atoms with Crippen molar-refractivity contribution in [2.24, 2.45) is 0 Å². The second kappa shape index (κ2) is 3.37. The number of H-pyrrole nitrogens is 1. The number of rotatable bonds is 1. The Kier molecular flexibility index (Phi) is 2.44. The second-order valence-electron chi connectivity index (χ2n) is 2.08. The van der Waals surface area contributed by atoms with Gasteiger partial charge in [0.25, 0.3) is 5.56 Å². The standard InChI is InChI=1S/C6H2BrN3O3/c7-3-1-5(10(12)13)4(2-8)9-6(3)11/h1H,(H,9,11). The van der Waals surface area contributed by atoms with Crippen LogP contribution in [0.3, 0.4) is 0 Å². The van der Waals surface area contributed by atoms with Crippen LogP contribution in [0, 0.1) is 21.4 Å². The lowest BCUT2D eigenvalue weighted by Gasteiger charge is -1.94. The van der Waals surface area contributed by atoms with Crippen molar-refractivity contribution in [3.8, 4) is 6.07 Å². The van der Waals surface area contributed by atoms with E-state index in [4.69, 9.17) is 5.26 Å². The average Bonchev–Trinajstić information content (AvgIpc) is 2.08. The summed E-state index contributed by atoms with van der Waals surface area (Å²) >= 11 is 2.82. The third-order valence-electron chi connectivity index (χ3n) is 1.28. The van der Waals surface area contributed by atoms with Crippen LogP contribution in [-0.2, 0) is 0 Å². The molecular formula is C6H2BrN3O3. The van der Waals surface area contributed by atoms with E-state index in [2.05, 4.69) is 20.9 Å². The fraction of sp³-hybridized carbons (Fsp3) is 0. The Morgan fingerprint density at radius 1 is 1.69 bits per heavy atom. The molecule has 0 radical (unpaired) electrons. The number of nitro groups is 1.